The van der Waals surface area contributed by atoms with Crippen molar-refractivity contribution in [1.82, 2.24) is 9.97 Å². The molecule has 7 nitrogen and oxygen atoms in total. The lowest BCUT2D eigenvalue weighted by Crippen LogP contribution is -2.39. The Hall–Kier alpha value is -3.22. The number of hydrogen-bond acceptors (Lipinski definition) is 7. The van der Waals surface area contributed by atoms with Gasteiger partial charge in [-0.3, -0.25) is 0 Å². The standard InChI is InChI=1S/C23H27N3O4/c1-6-30-22-10-17-18(11-21(22)29-5)24-13-25-23(17)26-12-16-9-20(28-4)19(27-3)8-15(16)7-14(26)2/h8-11,13-14H,6-7,12H2,1-5H3. The molecule has 0 bridgehead atoms. The van der Waals surface area contributed by atoms with E-state index in [1.54, 1.807) is 27.7 Å². The normalized spacial score (nSPS) is 15.6. The Morgan fingerprint density at radius 2 is 1.57 bits per heavy atom. The Labute approximate surface area is 176 Å². The van der Waals surface area contributed by atoms with Crippen LogP contribution in [0.3, 0.4) is 0 Å². The second-order valence-electron chi connectivity index (χ2n) is 7.31. The van der Waals surface area contributed by atoms with Crippen molar-refractivity contribution in [3.05, 3.63) is 41.7 Å². The van der Waals surface area contributed by atoms with Crippen LogP contribution in [0.25, 0.3) is 10.9 Å². The fourth-order valence-corrected chi connectivity index (χ4v) is 4.06. The van der Waals surface area contributed by atoms with Gasteiger partial charge in [0.1, 0.15) is 12.1 Å². The summed E-state index contributed by atoms with van der Waals surface area (Å²) in [5.41, 5.74) is 3.30. The van der Waals surface area contributed by atoms with Gasteiger partial charge in [0.05, 0.1) is 33.5 Å². The van der Waals surface area contributed by atoms with E-state index in [1.807, 2.05) is 19.1 Å². The van der Waals surface area contributed by atoms with Crippen molar-refractivity contribution in [2.75, 3.05) is 32.8 Å². The molecule has 1 aliphatic rings. The molecule has 1 unspecified atom stereocenters. The fraction of sp³-hybridized carbons (Fsp3) is 0.391. The minimum absolute atomic E-state index is 0.256. The van der Waals surface area contributed by atoms with E-state index in [1.165, 1.54) is 11.1 Å². The van der Waals surface area contributed by atoms with Crippen molar-refractivity contribution in [1.29, 1.82) is 0 Å². The first-order valence-corrected chi connectivity index (χ1v) is 10.1. The molecule has 0 N–H and O–H groups in total. The second kappa shape index (κ2) is 8.26. The molecular formula is C23H27N3O4. The zero-order valence-electron chi connectivity index (χ0n) is 18.1. The number of anilines is 1. The van der Waals surface area contributed by atoms with Crippen LogP contribution in [-0.2, 0) is 13.0 Å². The topological polar surface area (TPSA) is 65.9 Å². The number of aromatic nitrogens is 2. The summed E-state index contributed by atoms with van der Waals surface area (Å²) >= 11 is 0. The first-order chi connectivity index (χ1) is 14.6. The van der Waals surface area contributed by atoms with Crippen LogP contribution in [0, 0.1) is 0 Å². The molecule has 4 rings (SSSR count). The van der Waals surface area contributed by atoms with Crippen molar-refractivity contribution < 1.29 is 18.9 Å². The van der Waals surface area contributed by atoms with Gasteiger partial charge in [-0.25, -0.2) is 9.97 Å². The highest BCUT2D eigenvalue weighted by molar-refractivity contribution is 5.92. The molecule has 1 aliphatic heterocycles. The predicted octanol–water partition coefficient (Wildman–Crippen LogP) is 4.01. The highest BCUT2D eigenvalue weighted by atomic mass is 16.5. The lowest BCUT2D eigenvalue weighted by molar-refractivity contribution is 0.311. The average Bonchev–Trinajstić information content (AvgIpc) is 2.77. The van der Waals surface area contributed by atoms with E-state index in [-0.39, 0.29) is 6.04 Å². The molecule has 2 aromatic carbocycles. The molecule has 0 aliphatic carbocycles. The highest BCUT2D eigenvalue weighted by Gasteiger charge is 2.27. The van der Waals surface area contributed by atoms with Crippen molar-refractivity contribution in [2.45, 2.75) is 32.9 Å². The first kappa shape index (κ1) is 20.1. The number of ether oxygens (including phenoxy) is 4. The molecule has 7 heteroatoms. The van der Waals surface area contributed by atoms with Crippen molar-refractivity contribution in [3.63, 3.8) is 0 Å². The maximum atomic E-state index is 5.79. The lowest BCUT2D eigenvalue weighted by atomic mass is 9.93. The number of methoxy groups -OCH3 is 3. The highest BCUT2D eigenvalue weighted by Crippen LogP contribution is 2.39. The van der Waals surface area contributed by atoms with Gasteiger partial charge < -0.3 is 23.8 Å². The van der Waals surface area contributed by atoms with E-state index in [9.17, 15) is 0 Å². The van der Waals surface area contributed by atoms with Gasteiger partial charge in [0, 0.05) is 24.0 Å². The first-order valence-electron chi connectivity index (χ1n) is 10.1. The SMILES string of the molecule is CCOc1cc2c(N3Cc4cc(OC)c(OC)cc4CC3C)ncnc2cc1OC. The Morgan fingerprint density at radius 1 is 0.900 bits per heavy atom. The molecule has 0 spiro atoms. The summed E-state index contributed by atoms with van der Waals surface area (Å²) in [6.45, 7) is 5.44. The second-order valence-corrected chi connectivity index (χ2v) is 7.31. The molecule has 0 radical (unpaired) electrons. The number of fused-ring (bicyclic) bond motifs is 2. The van der Waals surface area contributed by atoms with Crippen LogP contribution < -0.4 is 23.8 Å². The molecule has 0 saturated heterocycles. The third-order valence-electron chi connectivity index (χ3n) is 5.57. The third-order valence-corrected chi connectivity index (χ3v) is 5.57. The summed E-state index contributed by atoms with van der Waals surface area (Å²) in [7, 11) is 4.96. The van der Waals surface area contributed by atoms with Gasteiger partial charge in [-0.15, -0.1) is 0 Å². The van der Waals surface area contributed by atoms with Gasteiger partial charge in [0.25, 0.3) is 0 Å². The number of rotatable bonds is 6. The number of hydrogen-bond donors (Lipinski definition) is 0. The van der Waals surface area contributed by atoms with Gasteiger partial charge in [-0.05, 0) is 49.6 Å². The van der Waals surface area contributed by atoms with Crippen LogP contribution in [0.1, 0.15) is 25.0 Å². The molecule has 158 valence electrons. The maximum absolute atomic E-state index is 5.79. The van der Waals surface area contributed by atoms with E-state index in [4.69, 9.17) is 18.9 Å². The van der Waals surface area contributed by atoms with Crippen LogP contribution >= 0.6 is 0 Å². The molecule has 0 amide bonds. The zero-order chi connectivity index (χ0) is 21.3. The third kappa shape index (κ3) is 3.44. The fourth-order valence-electron chi connectivity index (χ4n) is 4.06. The average molecular weight is 409 g/mol. The Bertz CT molecular complexity index is 1070. The van der Waals surface area contributed by atoms with Crippen LogP contribution in [-0.4, -0.2) is 43.9 Å². The molecule has 3 aromatic rings. The van der Waals surface area contributed by atoms with Gasteiger partial charge in [-0.2, -0.15) is 0 Å². The Balaban J connectivity index is 1.79. The van der Waals surface area contributed by atoms with Crippen molar-refractivity contribution >= 4 is 16.7 Å². The molecule has 30 heavy (non-hydrogen) atoms. The van der Waals surface area contributed by atoms with Gasteiger partial charge >= 0.3 is 0 Å². The lowest BCUT2D eigenvalue weighted by Gasteiger charge is -2.36. The Kier molecular flexibility index (Phi) is 5.53. The van der Waals surface area contributed by atoms with Crippen LogP contribution in [0.5, 0.6) is 23.0 Å². The van der Waals surface area contributed by atoms with E-state index in [0.717, 1.165) is 41.2 Å². The van der Waals surface area contributed by atoms with E-state index in [0.29, 0.717) is 18.1 Å². The molecular weight excluding hydrogens is 382 g/mol. The van der Waals surface area contributed by atoms with Crippen molar-refractivity contribution in [3.8, 4) is 23.0 Å². The van der Waals surface area contributed by atoms with Crippen molar-refractivity contribution in [2.24, 2.45) is 0 Å². The number of benzene rings is 2. The molecule has 1 atom stereocenters. The summed E-state index contributed by atoms with van der Waals surface area (Å²) < 4.78 is 22.3. The minimum Gasteiger partial charge on any atom is -0.493 e. The zero-order valence-corrected chi connectivity index (χ0v) is 18.1. The predicted molar refractivity (Wildman–Crippen MR) is 116 cm³/mol. The van der Waals surface area contributed by atoms with E-state index < -0.39 is 0 Å². The van der Waals surface area contributed by atoms with E-state index in [2.05, 4.69) is 33.9 Å². The minimum atomic E-state index is 0.256. The Morgan fingerprint density at radius 3 is 2.23 bits per heavy atom. The summed E-state index contributed by atoms with van der Waals surface area (Å²) in [6.07, 6.45) is 2.49. The van der Waals surface area contributed by atoms with Crippen LogP contribution in [0.4, 0.5) is 5.82 Å². The van der Waals surface area contributed by atoms with Crippen LogP contribution in [0.2, 0.25) is 0 Å². The summed E-state index contributed by atoms with van der Waals surface area (Å²) in [4.78, 5) is 11.4. The smallest absolute Gasteiger partial charge is 0.162 e. The maximum Gasteiger partial charge on any atom is 0.162 e. The monoisotopic (exact) mass is 409 g/mol. The quantitative estimate of drug-likeness (QED) is 0.609. The van der Waals surface area contributed by atoms with Gasteiger partial charge in [0.15, 0.2) is 23.0 Å². The number of nitrogens with zero attached hydrogens (tertiary/aromatic N) is 3. The summed E-state index contributed by atoms with van der Waals surface area (Å²) in [6, 6.07) is 8.28. The van der Waals surface area contributed by atoms with Crippen LogP contribution in [0.15, 0.2) is 30.6 Å². The molecule has 0 saturated carbocycles. The molecule has 0 fully saturated rings. The van der Waals surface area contributed by atoms with E-state index >= 15 is 0 Å². The largest absolute Gasteiger partial charge is 0.493 e. The van der Waals surface area contributed by atoms with Gasteiger partial charge in [-0.1, -0.05) is 0 Å². The molecule has 2 heterocycles. The van der Waals surface area contributed by atoms with Gasteiger partial charge in [0.2, 0.25) is 0 Å². The summed E-state index contributed by atoms with van der Waals surface area (Å²) in [5.74, 6) is 3.75. The summed E-state index contributed by atoms with van der Waals surface area (Å²) in [5, 5.41) is 0.942. The molecule has 1 aromatic heterocycles.